The number of pyridine rings is 1. The smallest absolute Gasteiger partial charge is 0.219 e. The fourth-order valence-corrected chi connectivity index (χ4v) is 3.07. The molecule has 1 aromatic carbocycles. The van der Waals surface area contributed by atoms with Gasteiger partial charge in [-0.25, -0.2) is 9.98 Å². The van der Waals surface area contributed by atoms with E-state index in [1.165, 1.54) is 12.2 Å². The number of ether oxygens (including phenoxy) is 2. The fourth-order valence-electron chi connectivity index (χ4n) is 2.58. The number of nitrogens with zero attached hydrogens (tertiary/aromatic N) is 2. The maximum Gasteiger partial charge on any atom is 0.219 e. The van der Waals surface area contributed by atoms with Crippen LogP contribution in [0.3, 0.4) is 0 Å². The lowest BCUT2D eigenvalue weighted by molar-refractivity contribution is 0.319. The van der Waals surface area contributed by atoms with Crippen LogP contribution in [0.25, 0.3) is 0 Å². The van der Waals surface area contributed by atoms with E-state index in [-0.39, 0.29) is 0 Å². The Hall–Kier alpha value is -2.41. The van der Waals surface area contributed by atoms with E-state index in [1.807, 2.05) is 55.1 Å². The molecule has 0 aliphatic carbocycles. The number of unbranched alkanes of at least 4 members (excludes halogenated alkanes) is 1. The molecule has 0 fully saturated rings. The summed E-state index contributed by atoms with van der Waals surface area (Å²) in [6.07, 6.45) is 6.29. The van der Waals surface area contributed by atoms with Crippen molar-refractivity contribution in [3.63, 3.8) is 0 Å². The van der Waals surface area contributed by atoms with Crippen LogP contribution in [0.2, 0.25) is 0 Å². The van der Waals surface area contributed by atoms with Crippen LogP contribution in [-0.4, -0.2) is 42.6 Å². The minimum atomic E-state index is 0.531. The molecular weight excluding hydrogens is 384 g/mol. The molecule has 0 spiro atoms. The molecule has 1 aromatic heterocycles. The van der Waals surface area contributed by atoms with Gasteiger partial charge in [0.15, 0.2) is 17.5 Å². The highest BCUT2D eigenvalue weighted by Gasteiger charge is 2.06. The number of aliphatic imine (C=N–C) groups is 1. The number of rotatable bonds is 12. The predicted octanol–water partition coefficient (Wildman–Crippen LogP) is 4.47. The highest BCUT2D eigenvalue weighted by Crippen LogP contribution is 2.30. The number of nitrogens with one attached hydrogen (secondary N) is 2. The summed E-state index contributed by atoms with van der Waals surface area (Å²) in [5.41, 5.74) is 1.02. The van der Waals surface area contributed by atoms with Gasteiger partial charge in [0.25, 0.3) is 0 Å². The molecule has 0 unspecified atom stereocenters. The second kappa shape index (κ2) is 13.7. The first-order chi connectivity index (χ1) is 14.3. The molecule has 29 heavy (non-hydrogen) atoms. The molecular formula is C22H32N4O2S. The Bertz CT molecular complexity index is 738. The van der Waals surface area contributed by atoms with Crippen molar-refractivity contribution in [1.29, 1.82) is 0 Å². The summed E-state index contributed by atoms with van der Waals surface area (Å²) in [6, 6.07) is 11.4. The van der Waals surface area contributed by atoms with Gasteiger partial charge in [0.1, 0.15) is 0 Å². The van der Waals surface area contributed by atoms with Crippen molar-refractivity contribution in [3.05, 3.63) is 48.2 Å². The monoisotopic (exact) mass is 416 g/mol. The topological polar surface area (TPSA) is 67.8 Å². The molecule has 158 valence electrons. The summed E-state index contributed by atoms with van der Waals surface area (Å²) in [5, 5.41) is 6.66. The second-order valence-corrected chi connectivity index (χ2v) is 7.29. The third kappa shape index (κ3) is 8.64. The molecule has 2 rings (SSSR count). The lowest BCUT2D eigenvalue weighted by Crippen LogP contribution is -2.37. The first-order valence-corrected chi connectivity index (χ1v) is 11.5. The molecule has 6 nitrogen and oxygen atoms in total. The molecule has 2 aromatic rings. The number of thioether (sulfide) groups is 1. The van der Waals surface area contributed by atoms with Crippen LogP contribution in [0.5, 0.6) is 17.4 Å². The molecule has 1 heterocycles. The van der Waals surface area contributed by atoms with Crippen molar-refractivity contribution in [2.45, 2.75) is 33.2 Å². The summed E-state index contributed by atoms with van der Waals surface area (Å²) in [5.74, 6) is 3.94. The summed E-state index contributed by atoms with van der Waals surface area (Å²) < 4.78 is 11.5. The van der Waals surface area contributed by atoms with E-state index in [0.29, 0.717) is 30.5 Å². The molecule has 0 amide bonds. The van der Waals surface area contributed by atoms with E-state index >= 15 is 0 Å². The fraction of sp³-hybridized carbons (Fsp3) is 0.455. The van der Waals surface area contributed by atoms with Crippen molar-refractivity contribution >= 4 is 17.7 Å². The lowest BCUT2D eigenvalue weighted by Gasteiger charge is -2.12. The van der Waals surface area contributed by atoms with Crippen LogP contribution in [-0.2, 0) is 6.54 Å². The molecule has 2 N–H and O–H groups in total. The number of hydrogen-bond donors (Lipinski definition) is 2. The van der Waals surface area contributed by atoms with Gasteiger partial charge >= 0.3 is 0 Å². The van der Waals surface area contributed by atoms with Gasteiger partial charge in [0.05, 0.1) is 13.2 Å². The van der Waals surface area contributed by atoms with Gasteiger partial charge in [0, 0.05) is 25.4 Å². The van der Waals surface area contributed by atoms with Gasteiger partial charge in [-0.15, -0.1) is 0 Å². The number of guanidine groups is 1. The van der Waals surface area contributed by atoms with Crippen LogP contribution < -0.4 is 20.1 Å². The zero-order valence-corrected chi connectivity index (χ0v) is 18.4. The molecule has 0 saturated heterocycles. The lowest BCUT2D eigenvalue weighted by atomic mass is 10.3. The molecule has 7 heteroatoms. The van der Waals surface area contributed by atoms with Crippen molar-refractivity contribution in [2.75, 3.05) is 31.7 Å². The van der Waals surface area contributed by atoms with Crippen LogP contribution in [0.4, 0.5) is 0 Å². The summed E-state index contributed by atoms with van der Waals surface area (Å²) in [6.45, 7) is 6.93. The van der Waals surface area contributed by atoms with E-state index in [2.05, 4.69) is 33.8 Å². The molecule has 0 aliphatic rings. The van der Waals surface area contributed by atoms with Gasteiger partial charge in [-0.3, -0.25) is 0 Å². The highest BCUT2D eigenvalue weighted by molar-refractivity contribution is 7.98. The third-order valence-electron chi connectivity index (χ3n) is 3.99. The van der Waals surface area contributed by atoms with E-state index in [1.54, 1.807) is 6.20 Å². The molecule has 0 atom stereocenters. The minimum Gasteiger partial charge on any atom is -0.490 e. The Morgan fingerprint density at radius 2 is 1.90 bits per heavy atom. The first kappa shape index (κ1) is 22.9. The standard InChI is InChI=1S/C22H32N4O2S/c1-4-23-22(24-14-8-9-15-29-3)26-17-18-12-13-21(25-16-18)28-20-11-7-6-10-19(20)27-5-2/h6-7,10-13,16H,4-5,8-9,14-15,17H2,1-3H3,(H2,23,24,26). The normalized spacial score (nSPS) is 11.2. The van der Waals surface area contributed by atoms with E-state index < -0.39 is 0 Å². The van der Waals surface area contributed by atoms with Gasteiger partial charge in [-0.1, -0.05) is 18.2 Å². The van der Waals surface area contributed by atoms with Crippen LogP contribution in [0, 0.1) is 0 Å². The summed E-state index contributed by atoms with van der Waals surface area (Å²) in [7, 11) is 0. The average Bonchev–Trinajstić information content (AvgIpc) is 2.74. The largest absolute Gasteiger partial charge is 0.490 e. The van der Waals surface area contributed by atoms with Crippen molar-refractivity contribution < 1.29 is 9.47 Å². The van der Waals surface area contributed by atoms with Gasteiger partial charge in [0.2, 0.25) is 5.88 Å². The van der Waals surface area contributed by atoms with E-state index in [9.17, 15) is 0 Å². The molecule has 0 saturated carbocycles. The summed E-state index contributed by atoms with van der Waals surface area (Å²) >= 11 is 1.89. The second-order valence-electron chi connectivity index (χ2n) is 6.31. The van der Waals surface area contributed by atoms with Gasteiger partial charge in [-0.05, 0) is 56.4 Å². The quantitative estimate of drug-likeness (QED) is 0.302. The Labute approximate surface area is 178 Å². The Morgan fingerprint density at radius 1 is 1.07 bits per heavy atom. The molecule has 0 bridgehead atoms. The van der Waals surface area contributed by atoms with E-state index in [0.717, 1.165) is 31.0 Å². The maximum absolute atomic E-state index is 5.87. The van der Waals surface area contributed by atoms with Gasteiger partial charge < -0.3 is 20.1 Å². The van der Waals surface area contributed by atoms with Crippen molar-refractivity contribution in [2.24, 2.45) is 4.99 Å². The predicted molar refractivity (Wildman–Crippen MR) is 122 cm³/mol. The number of benzene rings is 1. The highest BCUT2D eigenvalue weighted by atomic mass is 32.2. The maximum atomic E-state index is 5.87. The Kier molecular flexibility index (Phi) is 10.8. The third-order valence-corrected chi connectivity index (χ3v) is 4.69. The van der Waals surface area contributed by atoms with Crippen LogP contribution in [0.15, 0.2) is 47.6 Å². The minimum absolute atomic E-state index is 0.531. The van der Waals surface area contributed by atoms with E-state index in [4.69, 9.17) is 9.47 Å². The Morgan fingerprint density at radius 3 is 2.59 bits per heavy atom. The number of aromatic nitrogens is 1. The zero-order chi connectivity index (χ0) is 20.7. The first-order valence-electron chi connectivity index (χ1n) is 10.1. The number of para-hydroxylation sites is 2. The van der Waals surface area contributed by atoms with Crippen LogP contribution in [0.1, 0.15) is 32.3 Å². The average molecular weight is 417 g/mol. The Balaban J connectivity index is 1.90. The SMILES string of the molecule is CCNC(=NCc1ccc(Oc2ccccc2OCC)nc1)NCCCCSC. The number of hydrogen-bond acceptors (Lipinski definition) is 5. The molecule has 0 radical (unpaired) electrons. The van der Waals surface area contributed by atoms with Crippen LogP contribution >= 0.6 is 11.8 Å². The van der Waals surface area contributed by atoms with Crippen molar-refractivity contribution in [1.82, 2.24) is 15.6 Å². The zero-order valence-electron chi connectivity index (χ0n) is 17.6. The summed E-state index contributed by atoms with van der Waals surface area (Å²) in [4.78, 5) is 9.05. The molecule has 0 aliphatic heterocycles. The van der Waals surface area contributed by atoms with Crippen molar-refractivity contribution in [3.8, 4) is 17.4 Å². The van der Waals surface area contributed by atoms with Gasteiger partial charge in [-0.2, -0.15) is 11.8 Å².